The smallest absolute Gasteiger partial charge is 0.170 e. The zero-order chi connectivity index (χ0) is 85.5. The van der Waals surface area contributed by atoms with Crippen LogP contribution in [0.15, 0.2) is 416 Å². The summed E-state index contributed by atoms with van der Waals surface area (Å²) >= 11 is 6.60. The van der Waals surface area contributed by atoms with Gasteiger partial charge in [0, 0.05) is 119 Å². The number of rotatable bonds is 0. The highest BCUT2D eigenvalue weighted by Crippen LogP contribution is 2.22. The maximum absolute atomic E-state index is 4.87. The van der Waals surface area contributed by atoms with Crippen LogP contribution < -0.4 is 0 Å². The SMILES string of the molecule is C1=Nc2ncccc2C1.c1cc2scnc2cn1.c1ccc2[nH]ccc2c1.c1ccc2[nH]ncc2c1.c1ccc2[nH]ncc2c1.c1ccc2[nH]ncc2c1.c1ccc2oncc2c1.c1ccc2scnc2c1.c1ccc2scnc2c1.c1ccn2ccnc2c1.c1ccn2nccc2c1.c1cnc2[nH]ncc2c1.c1cnc2cn[nH]c2c1.c1cnc2ncsc2c1. The Morgan fingerprint density at radius 3 is 1.51 bits per heavy atom. The van der Waals surface area contributed by atoms with Gasteiger partial charge in [0.1, 0.15) is 11.2 Å². The number of imidazole rings is 1. The molecule has 27 aromatic rings. The minimum atomic E-state index is 0.845. The Morgan fingerprint density at radius 2 is 0.849 bits per heavy atom. The lowest BCUT2D eigenvalue weighted by atomic mass is 10.2. The first-order chi connectivity index (χ1) is 62.5. The first kappa shape index (κ1) is 84.3. The highest BCUT2D eigenvalue weighted by molar-refractivity contribution is 7.17. The third-order valence-electron chi connectivity index (χ3n) is 17.9. The molecule has 6 N–H and O–H groups in total. The van der Waals surface area contributed by atoms with Crippen LogP contribution in [0.25, 0.3) is 129 Å². The summed E-state index contributed by atoms with van der Waals surface area (Å²) < 4.78 is 13.5. The number of aromatic amines is 6. The van der Waals surface area contributed by atoms with Crippen LogP contribution in [0.1, 0.15) is 5.56 Å². The van der Waals surface area contributed by atoms with Crippen LogP contribution in [0.3, 0.4) is 0 Å². The molecule has 0 spiro atoms. The number of nitrogens with zero attached hydrogens (tertiary/aromatic N) is 20. The van der Waals surface area contributed by atoms with Crippen molar-refractivity contribution < 1.29 is 4.52 Å². The molecule has 7 aromatic carbocycles. The molecule has 0 unspecified atom stereocenters. The molecule has 0 saturated heterocycles. The quantitative estimate of drug-likeness (QED) is 0.0821. The predicted molar refractivity (Wildman–Crippen MR) is 509 cm³/mol. The van der Waals surface area contributed by atoms with Gasteiger partial charge in [-0.25, -0.2) is 49.4 Å². The normalized spacial score (nSPS) is 10.5. The highest BCUT2D eigenvalue weighted by Gasteiger charge is 2.05. The Morgan fingerprint density at radius 1 is 0.317 bits per heavy atom. The van der Waals surface area contributed by atoms with E-state index in [-0.39, 0.29) is 0 Å². The van der Waals surface area contributed by atoms with Gasteiger partial charge in [-0.3, -0.25) is 35.5 Å². The second-order valence-corrected chi connectivity index (χ2v) is 29.8. The van der Waals surface area contributed by atoms with Gasteiger partial charge < -0.3 is 13.9 Å². The molecule has 0 bridgehead atoms. The van der Waals surface area contributed by atoms with Crippen LogP contribution in [0.5, 0.6) is 0 Å². The summed E-state index contributed by atoms with van der Waals surface area (Å²) in [5.41, 5.74) is 22.8. The molecule has 21 heterocycles. The number of benzene rings is 7. The molecule has 1 aliphatic heterocycles. The topological polar surface area (TPSA) is 348 Å². The van der Waals surface area contributed by atoms with Crippen molar-refractivity contribution in [2.24, 2.45) is 4.99 Å². The monoisotopic (exact) mass is 1720 g/mol. The summed E-state index contributed by atoms with van der Waals surface area (Å²) in [6, 6.07) is 89.7. The molecule has 27 nitrogen and oxygen atoms in total. The van der Waals surface area contributed by atoms with Crippen LogP contribution in [-0.4, -0.2) is 131 Å². The molecule has 0 aliphatic carbocycles. The molecule has 616 valence electrons. The lowest BCUT2D eigenvalue weighted by Gasteiger charge is -1.90. The molecule has 31 heteroatoms. The Balaban J connectivity index is 0.000000105. The lowest BCUT2D eigenvalue weighted by molar-refractivity contribution is 0.456. The Kier molecular flexibility index (Phi) is 30.5. The minimum Gasteiger partial charge on any atom is -0.361 e. The van der Waals surface area contributed by atoms with Crippen LogP contribution in [0.4, 0.5) is 5.82 Å². The molecule has 0 amide bonds. The number of H-pyrrole nitrogens is 6. The van der Waals surface area contributed by atoms with E-state index in [2.05, 4.69) is 157 Å². The van der Waals surface area contributed by atoms with Crippen molar-refractivity contribution in [3.05, 3.63) is 412 Å². The summed E-state index contributed by atoms with van der Waals surface area (Å²) in [7, 11) is 0. The Hall–Kier alpha value is -16.7. The third-order valence-corrected chi connectivity index (χ3v) is 21.1. The summed E-state index contributed by atoms with van der Waals surface area (Å²) in [5.74, 6) is 0.887. The number of fused-ring (bicyclic) bond motifs is 14. The number of hydrogen-bond donors (Lipinski definition) is 6. The van der Waals surface area contributed by atoms with Gasteiger partial charge in [-0.15, -0.1) is 45.3 Å². The van der Waals surface area contributed by atoms with Crippen molar-refractivity contribution in [1.82, 2.24) is 125 Å². The molecular formula is C95H76N26OS4. The Labute approximate surface area is 734 Å². The summed E-state index contributed by atoms with van der Waals surface area (Å²) in [6.45, 7) is 0. The van der Waals surface area contributed by atoms with E-state index >= 15 is 0 Å². The first-order valence-corrected chi connectivity index (χ1v) is 42.6. The van der Waals surface area contributed by atoms with E-state index in [0.717, 1.165) is 116 Å². The van der Waals surface area contributed by atoms with Gasteiger partial charge in [-0.05, 0) is 151 Å². The minimum absolute atomic E-state index is 0.845. The number of thiazole rings is 4. The maximum Gasteiger partial charge on any atom is 0.170 e. The average Bonchev–Trinajstić information content (AvgIpc) is 1.87. The molecule has 0 radical (unpaired) electrons. The maximum atomic E-state index is 4.87. The Bertz CT molecular complexity index is 5820. The van der Waals surface area contributed by atoms with E-state index in [1.165, 1.54) is 30.6 Å². The number of para-hydroxylation sites is 7. The van der Waals surface area contributed by atoms with Gasteiger partial charge >= 0.3 is 0 Å². The first-order valence-electron chi connectivity index (χ1n) is 39.0. The molecule has 126 heavy (non-hydrogen) atoms. The molecule has 0 fully saturated rings. The second kappa shape index (κ2) is 45.6. The van der Waals surface area contributed by atoms with E-state index < -0.39 is 0 Å². The van der Waals surface area contributed by atoms with E-state index in [1.807, 2.05) is 312 Å². The molecule has 0 saturated carbocycles. The zero-order valence-corrected chi connectivity index (χ0v) is 70.2. The van der Waals surface area contributed by atoms with Crippen LogP contribution >= 0.6 is 45.3 Å². The van der Waals surface area contributed by atoms with Crippen LogP contribution in [-0.2, 0) is 6.42 Å². The molecule has 20 aromatic heterocycles. The number of pyridine rings is 7. The van der Waals surface area contributed by atoms with Crippen LogP contribution in [0.2, 0.25) is 0 Å². The summed E-state index contributed by atoms with van der Waals surface area (Å²) in [6.07, 6.45) is 35.3. The fourth-order valence-corrected chi connectivity index (χ4v) is 14.3. The average molecular weight is 1730 g/mol. The fourth-order valence-electron chi connectivity index (χ4n) is 11.7. The van der Waals surface area contributed by atoms with Gasteiger partial charge in [-0.2, -0.15) is 30.6 Å². The van der Waals surface area contributed by atoms with Gasteiger partial charge in [0.15, 0.2) is 22.7 Å². The van der Waals surface area contributed by atoms with Crippen molar-refractivity contribution in [2.75, 3.05) is 0 Å². The predicted octanol–water partition coefficient (Wildman–Crippen LogP) is 22.6. The standard InChI is InChI=1S/C8H7N.6C7H6N2.C7H5NO.2C7H5NS.2C6H5N3.2C6H4N2S/c1-2-4-8-7(3-1)5-6-9-8;1-2-6-3-5-9-7(6)8-4-1;1-2-6-9-7(3-1)4-5-8-9;1-2-5-9-6-4-8-7(9)3-1;4*1-2-4-7-6(3-1)5-8-9-7;2*1-2-4-7-6(3-1)8-5-9-7;1-2-5-6(7-3-1)4-8-9-5;1-2-5-4-8-9-6(5)7-3-1;1-2-7-3-5-6(1)9-4-8-5;1-2-5-6(7-3-1)8-4-9-5/h1-6,9H;1-2,4-5H,3H2;2*1-6H;3*1-5H,(H,8,9);3*1-5H;1-4H,(H,8,9);1-4H,(H,7,8,9);2*1-4H. The summed E-state index contributed by atoms with van der Waals surface area (Å²) in [5, 5.41) is 48.0. The number of hydrogen-bond acceptors (Lipinski definition) is 23. The molecular weight excluding hydrogens is 1650 g/mol. The van der Waals surface area contributed by atoms with Gasteiger partial charge in [0.2, 0.25) is 0 Å². The fraction of sp³-hybridized carbons (Fsp3) is 0.0105. The van der Waals surface area contributed by atoms with Crippen molar-refractivity contribution in [2.45, 2.75) is 6.42 Å². The van der Waals surface area contributed by atoms with E-state index in [9.17, 15) is 0 Å². The number of aliphatic imine (C=N–C) groups is 1. The van der Waals surface area contributed by atoms with Crippen molar-refractivity contribution >= 4 is 186 Å². The zero-order valence-electron chi connectivity index (χ0n) is 67.0. The summed E-state index contributed by atoms with van der Waals surface area (Å²) in [4.78, 5) is 47.7. The van der Waals surface area contributed by atoms with E-state index in [1.54, 1.807) is 119 Å². The number of nitrogens with one attached hydrogen (secondary N) is 6. The van der Waals surface area contributed by atoms with Crippen molar-refractivity contribution in [3.63, 3.8) is 0 Å². The highest BCUT2D eigenvalue weighted by atomic mass is 32.1. The molecule has 1 aliphatic rings. The van der Waals surface area contributed by atoms with Crippen molar-refractivity contribution in [1.29, 1.82) is 0 Å². The van der Waals surface area contributed by atoms with Gasteiger partial charge in [0.05, 0.1) is 128 Å². The number of aromatic nitrogens is 25. The molecule has 0 atom stereocenters. The largest absolute Gasteiger partial charge is 0.361 e. The van der Waals surface area contributed by atoms with Gasteiger partial charge in [-0.1, -0.05) is 133 Å². The van der Waals surface area contributed by atoms with E-state index in [4.69, 9.17) is 4.52 Å². The third kappa shape index (κ3) is 24.7. The second-order valence-electron chi connectivity index (χ2n) is 26.2. The van der Waals surface area contributed by atoms with Crippen LogP contribution in [0, 0.1) is 0 Å². The van der Waals surface area contributed by atoms with Crippen molar-refractivity contribution in [3.8, 4) is 0 Å². The molecule has 28 rings (SSSR count). The van der Waals surface area contributed by atoms with Gasteiger partial charge in [0.25, 0.3) is 0 Å². The lowest BCUT2D eigenvalue weighted by Crippen LogP contribution is -1.81. The van der Waals surface area contributed by atoms with E-state index in [0.29, 0.717) is 0 Å².